The highest BCUT2D eigenvalue weighted by atomic mass is 19.3. The van der Waals surface area contributed by atoms with E-state index < -0.39 is 18.1 Å². The maximum Gasteiger partial charge on any atom is 0.359 e. The molecule has 0 aromatic rings. The van der Waals surface area contributed by atoms with Gasteiger partial charge in [-0.05, 0) is 13.8 Å². The molecule has 0 heterocycles. The van der Waals surface area contributed by atoms with Crippen LogP contribution in [-0.2, 0) is 4.79 Å². The molecule has 0 amide bonds. The number of aliphatic imine (C=N–C) groups is 1. The van der Waals surface area contributed by atoms with E-state index in [9.17, 15) is 18.0 Å². The van der Waals surface area contributed by atoms with Gasteiger partial charge in [0.05, 0.1) is 5.41 Å². The third kappa shape index (κ3) is 2.05. The lowest BCUT2D eigenvalue weighted by Gasteiger charge is -2.25. The van der Waals surface area contributed by atoms with Crippen molar-refractivity contribution in [1.82, 2.24) is 0 Å². The Bertz CT molecular complexity index is 184. The number of hydrogen-bond donors (Lipinski definition) is 0. The van der Waals surface area contributed by atoms with Crippen molar-refractivity contribution in [2.24, 2.45) is 10.4 Å². The van der Waals surface area contributed by atoms with E-state index in [4.69, 9.17) is 0 Å². The molecule has 0 rings (SSSR count). The lowest BCUT2D eigenvalue weighted by molar-refractivity contribution is -0.106. The number of hydrogen-bond acceptors (Lipinski definition) is 2. The lowest BCUT2D eigenvalue weighted by Crippen LogP contribution is -2.36. The van der Waals surface area contributed by atoms with Gasteiger partial charge in [-0.15, -0.1) is 4.99 Å². The van der Waals surface area contributed by atoms with Gasteiger partial charge in [-0.2, -0.15) is 8.78 Å². The van der Waals surface area contributed by atoms with Crippen LogP contribution in [0, 0.1) is 5.41 Å². The highest BCUT2D eigenvalue weighted by molar-refractivity contribution is 5.34. The summed E-state index contributed by atoms with van der Waals surface area (Å²) in [6.07, 6.45) is 0.707. The predicted molar refractivity (Wildman–Crippen MR) is 32.8 cm³/mol. The van der Waals surface area contributed by atoms with E-state index in [2.05, 4.69) is 4.99 Å². The second kappa shape index (κ2) is 3.05. The molecule has 0 saturated heterocycles. The number of nitrogens with zero attached hydrogens (tertiary/aromatic N) is 1. The molecule has 0 atom stereocenters. The fourth-order valence-corrected chi connectivity index (χ4v) is 0.289. The molecule has 0 aromatic carbocycles. The zero-order valence-corrected chi connectivity index (χ0v) is 6.20. The summed E-state index contributed by atoms with van der Waals surface area (Å²) < 4.78 is 37.0. The third-order valence-corrected chi connectivity index (χ3v) is 1.33. The molecular weight excluding hydrogens is 159 g/mol. The van der Waals surface area contributed by atoms with Gasteiger partial charge in [-0.1, -0.05) is 0 Å². The van der Waals surface area contributed by atoms with E-state index in [1.807, 2.05) is 0 Å². The Morgan fingerprint density at radius 3 is 2.18 bits per heavy atom. The van der Waals surface area contributed by atoms with Crippen molar-refractivity contribution in [3.63, 3.8) is 0 Å². The zero-order valence-electron chi connectivity index (χ0n) is 6.20. The predicted octanol–water partition coefficient (Wildman–Crippen LogP) is 1.91. The maximum atomic E-state index is 12.5. The van der Waals surface area contributed by atoms with Crippen molar-refractivity contribution < 1.29 is 18.0 Å². The number of rotatable bonds is 3. The fraction of sp³-hybridized carbons (Fsp3) is 0.833. The van der Waals surface area contributed by atoms with Crippen molar-refractivity contribution >= 4 is 6.08 Å². The van der Waals surface area contributed by atoms with Gasteiger partial charge < -0.3 is 0 Å². The first-order chi connectivity index (χ1) is 4.87. The molecule has 0 aliphatic carbocycles. The molecule has 0 bridgehead atoms. The smallest absolute Gasteiger partial charge is 0.250 e. The summed E-state index contributed by atoms with van der Waals surface area (Å²) in [5.41, 5.74) is -1.94. The summed E-state index contributed by atoms with van der Waals surface area (Å²) in [6, 6.07) is -3.68. The third-order valence-electron chi connectivity index (χ3n) is 1.33. The molecule has 0 N–H and O–H groups in total. The molecule has 2 nitrogen and oxygen atoms in total. The molecule has 11 heavy (non-hydrogen) atoms. The maximum absolute atomic E-state index is 12.5. The van der Waals surface area contributed by atoms with Gasteiger partial charge in [0.15, 0.2) is 0 Å². The van der Waals surface area contributed by atoms with Crippen LogP contribution in [0.25, 0.3) is 0 Å². The van der Waals surface area contributed by atoms with Gasteiger partial charge in [0.25, 0.3) is 0 Å². The second-order valence-corrected chi connectivity index (χ2v) is 2.76. The normalized spacial score (nSPS) is 12.5. The zero-order chi connectivity index (χ0) is 9.12. The van der Waals surface area contributed by atoms with Crippen LogP contribution in [0.1, 0.15) is 13.8 Å². The van der Waals surface area contributed by atoms with Gasteiger partial charge in [-0.25, -0.2) is 4.79 Å². The largest absolute Gasteiger partial charge is 0.359 e. The van der Waals surface area contributed by atoms with Crippen LogP contribution < -0.4 is 0 Å². The van der Waals surface area contributed by atoms with Crippen molar-refractivity contribution in [3.05, 3.63) is 0 Å². The van der Waals surface area contributed by atoms with E-state index >= 15 is 0 Å². The molecule has 0 spiro atoms. The Morgan fingerprint density at radius 2 is 1.91 bits per heavy atom. The van der Waals surface area contributed by atoms with Gasteiger partial charge in [0, 0.05) is 0 Å². The Morgan fingerprint density at radius 1 is 1.45 bits per heavy atom. The van der Waals surface area contributed by atoms with Crippen molar-refractivity contribution in [3.8, 4) is 0 Å². The van der Waals surface area contributed by atoms with Crippen LogP contribution in [-0.4, -0.2) is 18.8 Å². The van der Waals surface area contributed by atoms with Gasteiger partial charge in [0.1, 0.15) is 6.67 Å². The van der Waals surface area contributed by atoms with Crippen LogP contribution in [0.4, 0.5) is 13.2 Å². The average Bonchev–Trinajstić information content (AvgIpc) is 1.87. The molecule has 0 aromatic heterocycles. The minimum atomic E-state index is -3.68. The van der Waals surface area contributed by atoms with Gasteiger partial charge >= 0.3 is 6.05 Å². The summed E-state index contributed by atoms with van der Waals surface area (Å²) in [5, 5.41) is 0. The summed E-state index contributed by atoms with van der Waals surface area (Å²) in [5.74, 6) is 0. The van der Waals surface area contributed by atoms with Crippen LogP contribution in [0.2, 0.25) is 0 Å². The van der Waals surface area contributed by atoms with Crippen LogP contribution in [0.3, 0.4) is 0 Å². The summed E-state index contributed by atoms with van der Waals surface area (Å²) >= 11 is 0. The van der Waals surface area contributed by atoms with Crippen molar-refractivity contribution in [2.75, 3.05) is 6.67 Å². The molecule has 0 aliphatic rings. The summed E-state index contributed by atoms with van der Waals surface area (Å²) in [7, 11) is 0. The van der Waals surface area contributed by atoms with Crippen LogP contribution in [0.5, 0.6) is 0 Å². The Hall–Kier alpha value is -0.830. The van der Waals surface area contributed by atoms with Gasteiger partial charge in [0.2, 0.25) is 6.08 Å². The number of isocyanates is 1. The lowest BCUT2D eigenvalue weighted by atomic mass is 9.93. The van der Waals surface area contributed by atoms with E-state index in [-0.39, 0.29) is 0 Å². The van der Waals surface area contributed by atoms with Gasteiger partial charge in [-0.3, -0.25) is 4.39 Å². The van der Waals surface area contributed by atoms with E-state index in [1.165, 1.54) is 0 Å². The molecule has 5 heteroatoms. The Kier molecular flexibility index (Phi) is 2.82. The molecular formula is C6H8F3NO. The monoisotopic (exact) mass is 167 g/mol. The summed E-state index contributed by atoms with van der Waals surface area (Å²) in [4.78, 5) is 11.7. The minimum absolute atomic E-state index is 0.707. The van der Waals surface area contributed by atoms with E-state index in [0.717, 1.165) is 13.8 Å². The van der Waals surface area contributed by atoms with Crippen LogP contribution >= 0.6 is 0 Å². The van der Waals surface area contributed by atoms with Crippen molar-refractivity contribution in [1.29, 1.82) is 0 Å². The quantitative estimate of drug-likeness (QED) is 0.358. The molecule has 0 unspecified atom stereocenters. The number of carbonyl (C=O) groups excluding carboxylic acids is 1. The molecule has 0 radical (unpaired) electrons. The van der Waals surface area contributed by atoms with E-state index in [0.29, 0.717) is 6.08 Å². The second-order valence-electron chi connectivity index (χ2n) is 2.76. The standard InChI is InChI=1S/C6H8F3NO/c1-5(2,3-7)6(8,9)10-4-11/h3H2,1-2H3. The molecule has 0 aliphatic heterocycles. The summed E-state index contributed by atoms with van der Waals surface area (Å²) in [6.45, 7) is 0.715. The van der Waals surface area contributed by atoms with E-state index in [1.54, 1.807) is 0 Å². The topological polar surface area (TPSA) is 29.4 Å². The number of halogens is 3. The minimum Gasteiger partial charge on any atom is -0.250 e. The highest BCUT2D eigenvalue weighted by Crippen LogP contribution is 2.37. The average molecular weight is 167 g/mol. The molecule has 64 valence electrons. The van der Waals surface area contributed by atoms with Crippen molar-refractivity contribution in [2.45, 2.75) is 19.9 Å². The first kappa shape index (κ1) is 10.2. The number of alkyl halides is 3. The fourth-order valence-electron chi connectivity index (χ4n) is 0.289. The molecule has 0 saturated carbocycles. The first-order valence-electron chi connectivity index (χ1n) is 2.90. The Balaban J connectivity index is 4.65. The van der Waals surface area contributed by atoms with Crippen LogP contribution in [0.15, 0.2) is 4.99 Å². The highest BCUT2D eigenvalue weighted by Gasteiger charge is 2.47. The molecule has 0 fully saturated rings. The SMILES string of the molecule is CC(C)(CF)C(F)(F)N=C=O. The Labute approximate surface area is 62.1 Å². The first-order valence-corrected chi connectivity index (χ1v) is 2.90.